The van der Waals surface area contributed by atoms with Crippen molar-refractivity contribution in [2.24, 2.45) is 39.4 Å². The first kappa shape index (κ1) is 28.2. The molecule has 2 fully saturated rings. The summed E-state index contributed by atoms with van der Waals surface area (Å²) >= 11 is 0. The zero-order chi connectivity index (χ0) is 27.9. The predicted molar refractivity (Wildman–Crippen MR) is 138 cm³/mol. The number of carbonyl (C=O) groups is 3. The van der Waals surface area contributed by atoms with E-state index in [0.717, 1.165) is 5.57 Å². The number of carbonyl (C=O) groups excluding carboxylic acids is 2. The van der Waals surface area contributed by atoms with E-state index in [1.165, 1.54) is 13.0 Å². The lowest BCUT2D eigenvalue weighted by Gasteiger charge is -2.62. The number of hydrogen-bond acceptors (Lipinski definition) is 6. The second-order valence-electron chi connectivity index (χ2n) is 13.7. The van der Waals surface area contributed by atoms with Crippen molar-refractivity contribution in [1.82, 2.24) is 0 Å². The van der Waals surface area contributed by atoms with Crippen LogP contribution in [-0.4, -0.2) is 56.3 Å². The number of hydrogen-bond donors (Lipinski definition) is 4. The van der Waals surface area contributed by atoms with E-state index in [2.05, 4.69) is 6.92 Å². The molecule has 0 spiro atoms. The Balaban J connectivity index is 1.79. The highest BCUT2D eigenvalue weighted by Crippen LogP contribution is 2.71. The molecule has 37 heavy (non-hydrogen) atoms. The van der Waals surface area contributed by atoms with Crippen LogP contribution in [0.25, 0.3) is 0 Å². The fraction of sp³-hybridized carbons (Fsp3) is 0.767. The Morgan fingerprint density at radius 3 is 2.27 bits per heavy atom. The fourth-order valence-electron chi connectivity index (χ4n) is 8.96. The van der Waals surface area contributed by atoms with Crippen molar-refractivity contribution >= 4 is 17.5 Å². The predicted octanol–water partition coefficient (Wildman–Crippen LogP) is 3.84. The van der Waals surface area contributed by atoms with Gasteiger partial charge in [-0.25, -0.2) is 0 Å². The summed E-state index contributed by atoms with van der Waals surface area (Å²) in [6, 6.07) is 0. The van der Waals surface area contributed by atoms with Crippen molar-refractivity contribution in [3.8, 4) is 0 Å². The van der Waals surface area contributed by atoms with Crippen LogP contribution >= 0.6 is 0 Å². The zero-order valence-electron chi connectivity index (χ0n) is 23.3. The number of carboxylic acid groups (broad SMARTS) is 1. The standard InChI is InChI=1S/C30H44O7/c1-15(10-17(31)11-16(2)26(36)37)18-12-23(35)30(7)25-19(32)13-21-27(3,4)22(34)8-9-28(21,5)24(25)20(33)14-29(18,30)6/h10,16,18-19,21-23,32,34-35H,8-9,11-14H2,1-7H3,(H,36,37)/b15-10+/t16?,18-,19+,21+,22+,23+,28+,29-,30+/m1/s1. The molecule has 206 valence electrons. The monoisotopic (exact) mass is 516 g/mol. The molecule has 0 heterocycles. The van der Waals surface area contributed by atoms with E-state index >= 15 is 0 Å². The van der Waals surface area contributed by atoms with Gasteiger partial charge in [0.15, 0.2) is 11.6 Å². The van der Waals surface area contributed by atoms with Gasteiger partial charge in [0.1, 0.15) is 0 Å². The molecule has 4 aliphatic rings. The SMILES string of the molecule is C/C(=C\C(=O)CC(C)C(=O)O)[C@H]1C[C@H](O)[C@@]2(C)C3=C(C(=O)C[C@]12C)[C@@]1(C)CC[C@H](O)C(C)(C)[C@@H]1C[C@@H]3O. The summed E-state index contributed by atoms with van der Waals surface area (Å²) in [7, 11) is 0. The van der Waals surface area contributed by atoms with E-state index in [0.29, 0.717) is 36.8 Å². The molecule has 4 rings (SSSR count). The minimum atomic E-state index is -1.02. The maximum Gasteiger partial charge on any atom is 0.306 e. The Labute approximate surface area is 220 Å². The molecule has 0 aliphatic heterocycles. The van der Waals surface area contributed by atoms with Crippen LogP contribution < -0.4 is 0 Å². The molecular weight excluding hydrogens is 472 g/mol. The number of carboxylic acids is 1. The van der Waals surface area contributed by atoms with Crippen LogP contribution in [0.15, 0.2) is 22.8 Å². The average Bonchev–Trinajstić information content (AvgIpc) is 2.99. The van der Waals surface area contributed by atoms with E-state index in [9.17, 15) is 29.7 Å². The number of aliphatic hydroxyl groups is 3. The molecule has 4 aliphatic carbocycles. The second-order valence-corrected chi connectivity index (χ2v) is 13.7. The molecule has 0 aromatic heterocycles. The van der Waals surface area contributed by atoms with Gasteiger partial charge in [0.05, 0.1) is 24.2 Å². The van der Waals surface area contributed by atoms with E-state index in [-0.39, 0.29) is 36.2 Å². The molecule has 0 aromatic carbocycles. The number of fused-ring (bicyclic) bond motifs is 4. The van der Waals surface area contributed by atoms with Crippen LogP contribution in [0.1, 0.15) is 87.0 Å². The third kappa shape index (κ3) is 3.82. The summed E-state index contributed by atoms with van der Waals surface area (Å²) in [6.07, 6.45) is 1.39. The van der Waals surface area contributed by atoms with Crippen molar-refractivity contribution in [3.63, 3.8) is 0 Å². The number of aliphatic hydroxyl groups excluding tert-OH is 3. The zero-order valence-corrected chi connectivity index (χ0v) is 23.3. The summed E-state index contributed by atoms with van der Waals surface area (Å²) in [4.78, 5) is 37.9. The third-order valence-electron chi connectivity index (χ3n) is 11.4. The lowest BCUT2D eigenvalue weighted by molar-refractivity contribution is -0.142. The van der Waals surface area contributed by atoms with Crippen molar-refractivity contribution in [2.75, 3.05) is 0 Å². The largest absolute Gasteiger partial charge is 0.481 e. The Bertz CT molecular complexity index is 1090. The molecule has 0 amide bonds. The molecule has 9 atom stereocenters. The van der Waals surface area contributed by atoms with Gasteiger partial charge in [0.2, 0.25) is 0 Å². The van der Waals surface area contributed by atoms with Gasteiger partial charge in [0.25, 0.3) is 0 Å². The Hall–Kier alpha value is -1.83. The van der Waals surface area contributed by atoms with Gasteiger partial charge in [-0.2, -0.15) is 0 Å². The van der Waals surface area contributed by atoms with Crippen molar-refractivity contribution in [1.29, 1.82) is 0 Å². The van der Waals surface area contributed by atoms with E-state index < -0.39 is 51.9 Å². The summed E-state index contributed by atoms with van der Waals surface area (Å²) in [5, 5.41) is 43.2. The Morgan fingerprint density at radius 1 is 1.05 bits per heavy atom. The van der Waals surface area contributed by atoms with Gasteiger partial charge in [-0.05, 0) is 72.3 Å². The molecular formula is C30H44O7. The van der Waals surface area contributed by atoms with Crippen LogP contribution in [0.3, 0.4) is 0 Å². The van der Waals surface area contributed by atoms with E-state index in [4.69, 9.17) is 5.11 Å². The highest BCUT2D eigenvalue weighted by molar-refractivity contribution is 6.00. The molecule has 4 N–H and O–H groups in total. The van der Waals surface area contributed by atoms with E-state index in [1.807, 2.05) is 34.6 Å². The maximum absolute atomic E-state index is 14.1. The highest BCUT2D eigenvalue weighted by atomic mass is 16.4. The molecule has 0 saturated heterocycles. The lowest BCUT2D eigenvalue weighted by Crippen LogP contribution is -2.60. The number of Topliss-reactive ketones (excluding diaryl/α,β-unsaturated/α-hetero) is 1. The normalized spacial score (nSPS) is 44.1. The summed E-state index contributed by atoms with van der Waals surface area (Å²) in [6.45, 7) is 13.4. The Kier molecular flexibility index (Phi) is 6.74. The minimum Gasteiger partial charge on any atom is -0.481 e. The summed E-state index contributed by atoms with van der Waals surface area (Å²) in [5.74, 6) is -2.44. The molecule has 7 heteroatoms. The lowest BCUT2D eigenvalue weighted by atomic mass is 9.42. The van der Waals surface area contributed by atoms with Gasteiger partial charge in [0, 0.05) is 23.8 Å². The first-order valence-corrected chi connectivity index (χ1v) is 13.7. The van der Waals surface area contributed by atoms with E-state index in [1.54, 1.807) is 0 Å². The van der Waals surface area contributed by atoms with Crippen LogP contribution in [0.2, 0.25) is 0 Å². The third-order valence-corrected chi connectivity index (χ3v) is 11.4. The van der Waals surface area contributed by atoms with Gasteiger partial charge < -0.3 is 20.4 Å². The van der Waals surface area contributed by atoms with Crippen molar-refractivity contribution in [3.05, 3.63) is 22.8 Å². The quantitative estimate of drug-likeness (QED) is 0.408. The molecule has 7 nitrogen and oxygen atoms in total. The first-order valence-electron chi connectivity index (χ1n) is 13.7. The van der Waals surface area contributed by atoms with Crippen LogP contribution in [0, 0.1) is 39.4 Å². The topological polar surface area (TPSA) is 132 Å². The van der Waals surface area contributed by atoms with Gasteiger partial charge in [-0.3, -0.25) is 14.4 Å². The first-order chi connectivity index (χ1) is 16.9. The van der Waals surface area contributed by atoms with Gasteiger partial charge >= 0.3 is 5.97 Å². The van der Waals surface area contributed by atoms with Gasteiger partial charge in [-0.15, -0.1) is 0 Å². The van der Waals surface area contributed by atoms with Crippen LogP contribution in [0.4, 0.5) is 0 Å². The maximum atomic E-state index is 14.1. The van der Waals surface area contributed by atoms with Crippen molar-refractivity contribution in [2.45, 2.75) is 105 Å². The number of aliphatic carboxylic acids is 1. The van der Waals surface area contributed by atoms with Crippen LogP contribution in [0.5, 0.6) is 0 Å². The molecule has 0 radical (unpaired) electrons. The second kappa shape index (κ2) is 8.85. The average molecular weight is 517 g/mol. The molecule has 2 saturated carbocycles. The fourth-order valence-corrected chi connectivity index (χ4v) is 8.96. The van der Waals surface area contributed by atoms with Gasteiger partial charge in [-0.1, -0.05) is 47.1 Å². The molecule has 0 bridgehead atoms. The smallest absolute Gasteiger partial charge is 0.306 e. The minimum absolute atomic E-state index is 0.00820. The Morgan fingerprint density at radius 2 is 1.68 bits per heavy atom. The number of rotatable bonds is 5. The molecule has 0 aromatic rings. The molecule has 1 unspecified atom stereocenters. The van der Waals surface area contributed by atoms with Crippen molar-refractivity contribution < 1.29 is 34.8 Å². The number of allylic oxidation sites excluding steroid dienone is 3. The highest BCUT2D eigenvalue weighted by Gasteiger charge is 2.69. The van der Waals surface area contributed by atoms with Crippen LogP contribution in [-0.2, 0) is 14.4 Å². The summed E-state index contributed by atoms with van der Waals surface area (Å²) in [5.41, 5.74) is -0.477. The summed E-state index contributed by atoms with van der Waals surface area (Å²) < 4.78 is 0. The number of ketones is 2.